The fourth-order valence-corrected chi connectivity index (χ4v) is 1.89. The molecular weight excluding hydrogens is 122 g/mol. The van der Waals surface area contributed by atoms with Crippen molar-refractivity contribution in [2.75, 3.05) is 7.05 Å². The molecule has 0 spiro atoms. The third kappa shape index (κ3) is 1.07. The molecule has 1 nitrogen and oxygen atoms in total. The predicted octanol–water partition coefficient (Wildman–Crippen LogP) is 1.78. The molecule has 10 heavy (non-hydrogen) atoms. The van der Waals surface area contributed by atoms with Crippen molar-refractivity contribution in [1.29, 1.82) is 0 Å². The molecule has 2 fully saturated rings. The molecule has 2 rings (SSSR count). The third-order valence-corrected chi connectivity index (χ3v) is 3.31. The minimum absolute atomic E-state index is 0.607. The van der Waals surface area contributed by atoms with Crippen LogP contribution in [0.1, 0.15) is 32.6 Å². The van der Waals surface area contributed by atoms with Gasteiger partial charge in [-0.1, -0.05) is 6.92 Å². The van der Waals surface area contributed by atoms with E-state index in [4.69, 9.17) is 0 Å². The van der Waals surface area contributed by atoms with Gasteiger partial charge in [0, 0.05) is 5.54 Å². The highest BCUT2D eigenvalue weighted by Gasteiger charge is 2.47. The van der Waals surface area contributed by atoms with Crippen molar-refractivity contribution in [3.8, 4) is 0 Å². The molecule has 0 radical (unpaired) electrons. The summed E-state index contributed by atoms with van der Waals surface area (Å²) in [6.45, 7) is 2.37. The summed E-state index contributed by atoms with van der Waals surface area (Å²) in [7, 11) is 2.11. The Morgan fingerprint density at radius 1 is 1.50 bits per heavy atom. The lowest BCUT2D eigenvalue weighted by Crippen LogP contribution is -2.27. The van der Waals surface area contributed by atoms with Crippen molar-refractivity contribution in [3.05, 3.63) is 0 Å². The van der Waals surface area contributed by atoms with Crippen LogP contribution in [0.3, 0.4) is 0 Å². The van der Waals surface area contributed by atoms with Crippen LogP contribution < -0.4 is 5.32 Å². The van der Waals surface area contributed by atoms with Crippen LogP contribution in [0, 0.1) is 11.8 Å². The average molecular weight is 139 g/mol. The van der Waals surface area contributed by atoms with Crippen molar-refractivity contribution < 1.29 is 0 Å². The highest BCUT2D eigenvalue weighted by molar-refractivity contribution is 5.05. The first-order valence-electron chi connectivity index (χ1n) is 4.45. The Balaban J connectivity index is 1.79. The van der Waals surface area contributed by atoms with Gasteiger partial charge < -0.3 is 5.32 Å². The SMILES string of the molecule is CNC1(CC2CC2C)CC1. The van der Waals surface area contributed by atoms with Gasteiger partial charge in [-0.2, -0.15) is 0 Å². The summed E-state index contributed by atoms with van der Waals surface area (Å²) in [6, 6.07) is 0. The van der Waals surface area contributed by atoms with E-state index in [1.165, 1.54) is 25.7 Å². The minimum atomic E-state index is 0.607. The van der Waals surface area contributed by atoms with Gasteiger partial charge in [0.15, 0.2) is 0 Å². The van der Waals surface area contributed by atoms with Gasteiger partial charge in [0.2, 0.25) is 0 Å². The molecular formula is C9H17N. The van der Waals surface area contributed by atoms with Gasteiger partial charge in [-0.25, -0.2) is 0 Å². The van der Waals surface area contributed by atoms with E-state index in [1.54, 1.807) is 0 Å². The molecule has 1 heteroatoms. The maximum Gasteiger partial charge on any atom is 0.0182 e. The summed E-state index contributed by atoms with van der Waals surface area (Å²) in [6.07, 6.45) is 5.79. The van der Waals surface area contributed by atoms with Crippen LogP contribution in [0.4, 0.5) is 0 Å². The summed E-state index contributed by atoms with van der Waals surface area (Å²) < 4.78 is 0. The third-order valence-electron chi connectivity index (χ3n) is 3.31. The lowest BCUT2D eigenvalue weighted by atomic mass is 10.1. The van der Waals surface area contributed by atoms with Gasteiger partial charge in [-0.3, -0.25) is 0 Å². The van der Waals surface area contributed by atoms with Gasteiger partial charge in [0.25, 0.3) is 0 Å². The maximum atomic E-state index is 3.44. The van der Waals surface area contributed by atoms with Crippen LogP contribution in [0.2, 0.25) is 0 Å². The quantitative estimate of drug-likeness (QED) is 0.628. The monoisotopic (exact) mass is 139 g/mol. The Bertz CT molecular complexity index is 138. The van der Waals surface area contributed by atoms with Crippen LogP contribution in [0.15, 0.2) is 0 Å². The molecule has 0 aromatic heterocycles. The summed E-state index contributed by atoms with van der Waals surface area (Å²) in [5.41, 5.74) is 0.607. The zero-order valence-electron chi connectivity index (χ0n) is 6.98. The Morgan fingerprint density at radius 2 is 2.10 bits per heavy atom. The van der Waals surface area contributed by atoms with Gasteiger partial charge in [0.05, 0.1) is 0 Å². The lowest BCUT2D eigenvalue weighted by Gasteiger charge is -2.12. The van der Waals surface area contributed by atoms with Crippen molar-refractivity contribution in [1.82, 2.24) is 5.32 Å². The van der Waals surface area contributed by atoms with Gasteiger partial charge in [0.1, 0.15) is 0 Å². The van der Waals surface area contributed by atoms with E-state index < -0.39 is 0 Å². The molecule has 0 aromatic rings. The summed E-state index contributed by atoms with van der Waals surface area (Å²) >= 11 is 0. The molecule has 58 valence electrons. The second-order valence-electron chi connectivity index (χ2n) is 4.21. The molecule has 0 heterocycles. The molecule has 2 aliphatic rings. The number of hydrogen-bond donors (Lipinski definition) is 1. The van der Waals surface area contributed by atoms with E-state index in [0.717, 1.165) is 11.8 Å². The molecule has 0 bridgehead atoms. The second-order valence-corrected chi connectivity index (χ2v) is 4.21. The summed E-state index contributed by atoms with van der Waals surface area (Å²) in [4.78, 5) is 0. The smallest absolute Gasteiger partial charge is 0.0182 e. The Labute approximate surface area is 63.2 Å². The number of nitrogens with one attached hydrogen (secondary N) is 1. The van der Waals surface area contributed by atoms with E-state index in [0.29, 0.717) is 5.54 Å². The van der Waals surface area contributed by atoms with Crippen LogP contribution in [0.5, 0.6) is 0 Å². The first kappa shape index (κ1) is 6.66. The largest absolute Gasteiger partial charge is 0.314 e. The molecule has 2 atom stereocenters. The zero-order valence-corrected chi connectivity index (χ0v) is 6.98. The molecule has 0 saturated heterocycles. The fraction of sp³-hybridized carbons (Fsp3) is 1.00. The van der Waals surface area contributed by atoms with Crippen molar-refractivity contribution in [3.63, 3.8) is 0 Å². The Morgan fingerprint density at radius 3 is 2.40 bits per heavy atom. The topological polar surface area (TPSA) is 12.0 Å². The Kier molecular flexibility index (Phi) is 1.31. The highest BCUT2D eigenvalue weighted by atomic mass is 15.0. The van der Waals surface area contributed by atoms with E-state index >= 15 is 0 Å². The lowest BCUT2D eigenvalue weighted by molar-refractivity contribution is 0.465. The van der Waals surface area contributed by atoms with E-state index in [2.05, 4.69) is 19.3 Å². The van der Waals surface area contributed by atoms with Gasteiger partial charge >= 0.3 is 0 Å². The maximum absolute atomic E-state index is 3.44. The number of rotatable bonds is 3. The first-order valence-corrected chi connectivity index (χ1v) is 4.45. The van der Waals surface area contributed by atoms with Crippen molar-refractivity contribution >= 4 is 0 Å². The molecule has 0 aromatic carbocycles. The van der Waals surface area contributed by atoms with Gasteiger partial charge in [-0.15, -0.1) is 0 Å². The second kappa shape index (κ2) is 1.97. The van der Waals surface area contributed by atoms with Crippen molar-refractivity contribution in [2.24, 2.45) is 11.8 Å². The summed E-state index contributed by atoms with van der Waals surface area (Å²) in [5, 5.41) is 3.44. The van der Waals surface area contributed by atoms with Crippen LogP contribution >= 0.6 is 0 Å². The molecule has 0 amide bonds. The van der Waals surface area contributed by atoms with Crippen LogP contribution in [-0.2, 0) is 0 Å². The van der Waals surface area contributed by atoms with E-state index in [9.17, 15) is 0 Å². The van der Waals surface area contributed by atoms with E-state index in [-0.39, 0.29) is 0 Å². The fourth-order valence-electron chi connectivity index (χ4n) is 1.89. The highest BCUT2D eigenvalue weighted by Crippen LogP contribution is 2.50. The molecule has 2 aliphatic carbocycles. The molecule has 2 unspecified atom stereocenters. The number of hydrogen-bond acceptors (Lipinski definition) is 1. The molecule has 0 aliphatic heterocycles. The molecule has 1 N–H and O–H groups in total. The van der Waals surface area contributed by atoms with E-state index in [1.807, 2.05) is 0 Å². The minimum Gasteiger partial charge on any atom is -0.314 e. The summed E-state index contributed by atoms with van der Waals surface area (Å²) in [5.74, 6) is 2.10. The standard InChI is InChI=1S/C9H17N/c1-7-5-8(7)6-9(10-2)3-4-9/h7-8,10H,3-6H2,1-2H3. The predicted molar refractivity (Wildman–Crippen MR) is 42.9 cm³/mol. The first-order chi connectivity index (χ1) is 4.76. The van der Waals surface area contributed by atoms with Gasteiger partial charge in [-0.05, 0) is 44.6 Å². The van der Waals surface area contributed by atoms with Crippen molar-refractivity contribution in [2.45, 2.75) is 38.1 Å². The van der Waals surface area contributed by atoms with Crippen LogP contribution in [0.25, 0.3) is 0 Å². The molecule has 2 saturated carbocycles. The zero-order chi connectivity index (χ0) is 7.19. The van der Waals surface area contributed by atoms with Crippen LogP contribution in [-0.4, -0.2) is 12.6 Å². The normalized spacial score (nSPS) is 41.4. The average Bonchev–Trinajstić information content (AvgIpc) is 2.78. The Hall–Kier alpha value is -0.0400.